The monoisotopic (exact) mass is 183 g/mol. The predicted molar refractivity (Wildman–Crippen MR) is 45.5 cm³/mol. The summed E-state index contributed by atoms with van der Waals surface area (Å²) in [5.41, 5.74) is 0. The highest BCUT2D eigenvalue weighted by molar-refractivity contribution is 5.67. The number of amides is 1. The zero-order chi connectivity index (χ0) is 9.42. The van der Waals surface area contributed by atoms with Gasteiger partial charge in [0.15, 0.2) is 0 Å². The van der Waals surface area contributed by atoms with E-state index in [0.717, 1.165) is 32.0 Å². The average Bonchev–Trinajstić information content (AvgIpc) is 2.37. The number of carbonyl (C=O) groups excluding carboxylic acids is 1. The van der Waals surface area contributed by atoms with Gasteiger partial charge in [-0.2, -0.15) is 0 Å². The minimum Gasteiger partial charge on any atom is -0.465 e. The third-order valence-electron chi connectivity index (χ3n) is 3.18. The third kappa shape index (κ3) is 1.30. The van der Waals surface area contributed by atoms with Crippen molar-refractivity contribution in [2.75, 3.05) is 0 Å². The zero-order valence-corrected chi connectivity index (χ0v) is 7.35. The molecule has 3 atom stereocenters. The lowest BCUT2D eigenvalue weighted by molar-refractivity contribution is -0.113. The molecule has 1 N–H and O–H groups in total. The van der Waals surface area contributed by atoms with Crippen LogP contribution >= 0.6 is 0 Å². The number of hydrogen-bond acceptors (Lipinski definition) is 2. The van der Waals surface area contributed by atoms with E-state index in [2.05, 4.69) is 0 Å². The molecule has 0 unspecified atom stereocenters. The number of nitrogens with zero attached hydrogens (tertiary/aromatic N) is 1. The second-order valence-corrected chi connectivity index (χ2v) is 3.94. The normalized spacial score (nSPS) is 37.5. The molecule has 1 amide bonds. The van der Waals surface area contributed by atoms with Gasteiger partial charge in [-0.15, -0.1) is 0 Å². The molecular formula is C9H13NO3. The molecule has 4 heteroatoms. The summed E-state index contributed by atoms with van der Waals surface area (Å²) < 4.78 is 0. The van der Waals surface area contributed by atoms with E-state index < -0.39 is 6.09 Å². The van der Waals surface area contributed by atoms with Crippen molar-refractivity contribution in [3.63, 3.8) is 0 Å². The quantitative estimate of drug-likeness (QED) is 0.619. The largest absolute Gasteiger partial charge is 0.465 e. The van der Waals surface area contributed by atoms with Crippen LogP contribution in [0.4, 0.5) is 4.79 Å². The minimum atomic E-state index is -0.822. The lowest BCUT2D eigenvalue weighted by Gasteiger charge is -2.34. The summed E-state index contributed by atoms with van der Waals surface area (Å²) in [6.07, 6.45) is 3.47. The molecule has 0 aliphatic carbocycles. The summed E-state index contributed by atoms with van der Waals surface area (Å²) in [5.74, 6) is 0.0908. The maximum Gasteiger partial charge on any atom is 0.407 e. The number of piperidine rings is 1. The maximum atomic E-state index is 10.8. The molecule has 2 fully saturated rings. The molecule has 0 aromatic rings. The molecule has 0 aromatic heterocycles. The molecule has 4 nitrogen and oxygen atoms in total. The van der Waals surface area contributed by atoms with Gasteiger partial charge in [-0.3, -0.25) is 0 Å². The molecule has 0 aromatic carbocycles. The Labute approximate surface area is 76.5 Å². The number of aldehydes is 1. The van der Waals surface area contributed by atoms with E-state index in [1.54, 1.807) is 4.90 Å². The molecule has 0 saturated carbocycles. The molecular weight excluding hydrogens is 170 g/mol. The number of carbonyl (C=O) groups is 2. The van der Waals surface area contributed by atoms with E-state index in [0.29, 0.717) is 0 Å². The Hall–Kier alpha value is -1.06. The van der Waals surface area contributed by atoms with Crippen molar-refractivity contribution in [3.8, 4) is 0 Å². The van der Waals surface area contributed by atoms with Crippen LogP contribution in [-0.2, 0) is 4.79 Å². The number of fused-ring (bicyclic) bond motifs is 2. The van der Waals surface area contributed by atoms with E-state index >= 15 is 0 Å². The van der Waals surface area contributed by atoms with Crippen molar-refractivity contribution in [1.29, 1.82) is 0 Å². The smallest absolute Gasteiger partial charge is 0.407 e. The fourth-order valence-electron chi connectivity index (χ4n) is 2.64. The highest BCUT2D eigenvalue weighted by atomic mass is 16.4. The van der Waals surface area contributed by atoms with E-state index in [1.165, 1.54) is 0 Å². The van der Waals surface area contributed by atoms with E-state index in [-0.39, 0.29) is 18.0 Å². The van der Waals surface area contributed by atoms with E-state index in [1.807, 2.05) is 0 Å². The van der Waals surface area contributed by atoms with Crippen LogP contribution in [0, 0.1) is 5.92 Å². The van der Waals surface area contributed by atoms with Crippen LogP contribution in [0.3, 0.4) is 0 Å². The van der Waals surface area contributed by atoms with Crippen LogP contribution in [0.1, 0.15) is 25.7 Å². The van der Waals surface area contributed by atoms with Crippen LogP contribution in [0.15, 0.2) is 0 Å². The Morgan fingerprint density at radius 1 is 1.31 bits per heavy atom. The fraction of sp³-hybridized carbons (Fsp3) is 0.778. The van der Waals surface area contributed by atoms with Crippen molar-refractivity contribution in [2.45, 2.75) is 37.8 Å². The highest BCUT2D eigenvalue weighted by Crippen LogP contribution is 2.37. The summed E-state index contributed by atoms with van der Waals surface area (Å²) in [5, 5.41) is 8.92. The first kappa shape index (κ1) is 8.53. The van der Waals surface area contributed by atoms with Crippen LogP contribution in [-0.4, -0.2) is 34.5 Å². The number of rotatable bonds is 1. The summed E-state index contributed by atoms with van der Waals surface area (Å²) >= 11 is 0. The summed E-state index contributed by atoms with van der Waals surface area (Å²) in [7, 11) is 0. The first-order valence-corrected chi connectivity index (χ1v) is 4.69. The summed E-state index contributed by atoms with van der Waals surface area (Å²) in [6.45, 7) is 0. The topological polar surface area (TPSA) is 57.6 Å². The van der Waals surface area contributed by atoms with Crippen molar-refractivity contribution in [2.24, 2.45) is 5.92 Å². The average molecular weight is 183 g/mol. The SMILES string of the molecule is O=C[C@@H]1C[C@H]2CC[C@@H](C1)N2C(=O)O. The van der Waals surface area contributed by atoms with Gasteiger partial charge in [-0.1, -0.05) is 0 Å². The first-order chi connectivity index (χ1) is 6.22. The van der Waals surface area contributed by atoms with Crippen LogP contribution in [0.5, 0.6) is 0 Å². The molecule has 72 valence electrons. The Morgan fingerprint density at radius 3 is 2.23 bits per heavy atom. The van der Waals surface area contributed by atoms with Gasteiger partial charge in [-0.25, -0.2) is 4.79 Å². The Morgan fingerprint density at radius 2 is 1.85 bits per heavy atom. The van der Waals surface area contributed by atoms with Crippen LogP contribution in [0.2, 0.25) is 0 Å². The molecule has 2 heterocycles. The van der Waals surface area contributed by atoms with E-state index in [4.69, 9.17) is 5.11 Å². The fourth-order valence-corrected chi connectivity index (χ4v) is 2.64. The van der Waals surface area contributed by atoms with Gasteiger partial charge in [0, 0.05) is 18.0 Å². The molecule has 0 spiro atoms. The molecule has 2 aliphatic rings. The Kier molecular flexibility index (Phi) is 1.98. The van der Waals surface area contributed by atoms with Crippen molar-refractivity contribution in [3.05, 3.63) is 0 Å². The Bertz CT molecular complexity index is 227. The molecule has 2 bridgehead atoms. The zero-order valence-electron chi connectivity index (χ0n) is 7.35. The van der Waals surface area contributed by atoms with Gasteiger partial charge in [-0.05, 0) is 25.7 Å². The lowest BCUT2D eigenvalue weighted by Crippen LogP contribution is -2.46. The second-order valence-electron chi connectivity index (χ2n) is 3.94. The first-order valence-electron chi connectivity index (χ1n) is 4.69. The van der Waals surface area contributed by atoms with Crippen molar-refractivity contribution in [1.82, 2.24) is 4.90 Å². The van der Waals surface area contributed by atoms with Gasteiger partial charge in [0.2, 0.25) is 0 Å². The third-order valence-corrected chi connectivity index (χ3v) is 3.18. The summed E-state index contributed by atoms with van der Waals surface area (Å²) in [4.78, 5) is 23.0. The van der Waals surface area contributed by atoms with Crippen molar-refractivity contribution < 1.29 is 14.7 Å². The minimum absolute atomic E-state index is 0.0908. The molecule has 13 heavy (non-hydrogen) atoms. The van der Waals surface area contributed by atoms with Crippen LogP contribution in [0.25, 0.3) is 0 Å². The molecule has 2 rings (SSSR count). The van der Waals surface area contributed by atoms with Crippen LogP contribution < -0.4 is 0 Å². The molecule has 2 aliphatic heterocycles. The van der Waals surface area contributed by atoms with Gasteiger partial charge in [0.25, 0.3) is 0 Å². The standard InChI is InChI=1S/C9H13NO3/c11-5-6-3-7-1-2-8(4-6)10(7)9(12)13/h5-8H,1-4H2,(H,12,13)/t6-,7-,8+. The van der Waals surface area contributed by atoms with Gasteiger partial charge < -0.3 is 14.8 Å². The second kappa shape index (κ2) is 3.01. The number of hydrogen-bond donors (Lipinski definition) is 1. The number of carboxylic acid groups (broad SMARTS) is 1. The molecule has 2 saturated heterocycles. The maximum absolute atomic E-state index is 10.8. The Balaban J connectivity index is 2.12. The van der Waals surface area contributed by atoms with Crippen molar-refractivity contribution >= 4 is 12.4 Å². The van der Waals surface area contributed by atoms with E-state index in [9.17, 15) is 9.59 Å². The summed E-state index contributed by atoms with van der Waals surface area (Å²) in [6, 6.07) is 0.206. The van der Waals surface area contributed by atoms with Gasteiger partial charge in [0.1, 0.15) is 6.29 Å². The van der Waals surface area contributed by atoms with Gasteiger partial charge >= 0.3 is 6.09 Å². The van der Waals surface area contributed by atoms with Gasteiger partial charge in [0.05, 0.1) is 0 Å². The highest BCUT2D eigenvalue weighted by Gasteiger charge is 2.43. The lowest BCUT2D eigenvalue weighted by atomic mass is 9.92. The predicted octanol–water partition coefficient (Wildman–Crippen LogP) is 1.11. The molecule has 0 radical (unpaired) electrons.